The van der Waals surface area contributed by atoms with Gasteiger partial charge in [0, 0.05) is 18.0 Å². The Bertz CT molecular complexity index is 420. The second kappa shape index (κ2) is 3.88. The van der Waals surface area contributed by atoms with E-state index in [1.807, 2.05) is 12.3 Å². The molecule has 0 bridgehead atoms. The van der Waals surface area contributed by atoms with Crippen LogP contribution < -0.4 is 0 Å². The highest BCUT2D eigenvalue weighted by Crippen LogP contribution is 2.29. The van der Waals surface area contributed by atoms with Gasteiger partial charge in [-0.3, -0.25) is 4.98 Å². The summed E-state index contributed by atoms with van der Waals surface area (Å²) in [6.07, 6.45) is 4.69. The fraction of sp³-hybridized carbons (Fsp3) is 0.273. The minimum absolute atomic E-state index is 1.01. The van der Waals surface area contributed by atoms with E-state index < -0.39 is 0 Å². The zero-order chi connectivity index (χ0) is 9.97. The van der Waals surface area contributed by atoms with E-state index in [0.29, 0.717) is 0 Å². The summed E-state index contributed by atoms with van der Waals surface area (Å²) in [4.78, 5) is 9.86. The first-order chi connectivity index (χ1) is 6.81. The molecular formula is C11H12N2S. The molecule has 0 aromatic carbocycles. The van der Waals surface area contributed by atoms with Gasteiger partial charge in [-0.25, -0.2) is 4.98 Å². The highest BCUT2D eigenvalue weighted by molar-refractivity contribution is 7.15. The molecule has 3 heteroatoms. The minimum Gasteiger partial charge on any atom is -0.264 e. The van der Waals surface area contributed by atoms with Crippen LogP contribution in [-0.2, 0) is 6.42 Å². The molecule has 0 spiro atoms. The number of pyridine rings is 1. The second-order valence-electron chi connectivity index (χ2n) is 3.12. The van der Waals surface area contributed by atoms with Crippen LogP contribution in [0, 0.1) is 6.92 Å². The molecule has 0 amide bonds. The molecule has 0 fully saturated rings. The monoisotopic (exact) mass is 204 g/mol. The van der Waals surface area contributed by atoms with Crippen LogP contribution in [0.5, 0.6) is 0 Å². The van der Waals surface area contributed by atoms with Crippen LogP contribution in [0.1, 0.15) is 17.6 Å². The lowest BCUT2D eigenvalue weighted by molar-refractivity contribution is 1.07. The van der Waals surface area contributed by atoms with E-state index in [-0.39, 0.29) is 0 Å². The lowest BCUT2D eigenvalue weighted by Crippen LogP contribution is -1.79. The van der Waals surface area contributed by atoms with Crippen molar-refractivity contribution in [3.05, 3.63) is 35.2 Å². The molecule has 72 valence electrons. The van der Waals surface area contributed by atoms with E-state index in [2.05, 4.69) is 29.9 Å². The molecule has 14 heavy (non-hydrogen) atoms. The predicted octanol–water partition coefficient (Wildman–Crippen LogP) is 3.08. The van der Waals surface area contributed by atoms with Crippen LogP contribution in [-0.4, -0.2) is 9.97 Å². The van der Waals surface area contributed by atoms with Crippen molar-refractivity contribution < 1.29 is 0 Å². The zero-order valence-corrected chi connectivity index (χ0v) is 9.14. The maximum atomic E-state index is 4.50. The number of nitrogens with zero attached hydrogens (tertiary/aromatic N) is 2. The first kappa shape index (κ1) is 9.34. The van der Waals surface area contributed by atoms with E-state index in [1.54, 1.807) is 17.5 Å². The summed E-state index contributed by atoms with van der Waals surface area (Å²) < 4.78 is 0. The van der Waals surface area contributed by atoms with Gasteiger partial charge in [0.05, 0.1) is 15.6 Å². The molecule has 0 radical (unpaired) electrons. The Hall–Kier alpha value is -1.22. The van der Waals surface area contributed by atoms with Gasteiger partial charge in [-0.15, -0.1) is 11.3 Å². The fourth-order valence-electron chi connectivity index (χ4n) is 1.37. The van der Waals surface area contributed by atoms with E-state index in [1.165, 1.54) is 15.4 Å². The Morgan fingerprint density at radius 3 is 2.86 bits per heavy atom. The molecule has 0 saturated carbocycles. The number of rotatable bonds is 2. The topological polar surface area (TPSA) is 25.8 Å². The maximum Gasteiger partial charge on any atom is 0.0931 e. The van der Waals surface area contributed by atoms with Crippen molar-refractivity contribution in [1.82, 2.24) is 9.97 Å². The van der Waals surface area contributed by atoms with E-state index in [0.717, 1.165) is 12.1 Å². The van der Waals surface area contributed by atoms with Crippen LogP contribution in [0.25, 0.3) is 10.4 Å². The molecule has 2 aromatic rings. The largest absolute Gasteiger partial charge is 0.264 e. The van der Waals surface area contributed by atoms with E-state index >= 15 is 0 Å². The number of hydrogen-bond donors (Lipinski definition) is 0. The van der Waals surface area contributed by atoms with Crippen molar-refractivity contribution >= 4 is 11.3 Å². The Kier molecular flexibility index (Phi) is 2.59. The molecule has 0 aliphatic heterocycles. The quantitative estimate of drug-likeness (QED) is 0.751. The van der Waals surface area contributed by atoms with Gasteiger partial charge >= 0.3 is 0 Å². The van der Waals surface area contributed by atoms with Crippen molar-refractivity contribution in [3.8, 4) is 10.4 Å². The van der Waals surface area contributed by atoms with Gasteiger partial charge in [0.15, 0.2) is 0 Å². The molecule has 0 atom stereocenters. The maximum absolute atomic E-state index is 4.50. The predicted molar refractivity (Wildman–Crippen MR) is 59.5 cm³/mol. The highest BCUT2D eigenvalue weighted by Gasteiger charge is 2.07. The molecule has 0 N–H and O–H groups in total. The number of hydrogen-bond acceptors (Lipinski definition) is 3. The molecular weight excluding hydrogens is 192 g/mol. The Balaban J connectivity index is 2.46. The van der Waals surface area contributed by atoms with Crippen molar-refractivity contribution in [2.24, 2.45) is 0 Å². The lowest BCUT2D eigenvalue weighted by atomic mass is 10.2. The van der Waals surface area contributed by atoms with Crippen molar-refractivity contribution in [3.63, 3.8) is 0 Å². The summed E-state index contributed by atoms with van der Waals surface area (Å²) in [5.74, 6) is 0. The molecule has 0 unspecified atom stereocenters. The summed E-state index contributed by atoms with van der Waals surface area (Å²) in [7, 11) is 0. The molecule has 0 aliphatic rings. The summed E-state index contributed by atoms with van der Waals surface area (Å²) in [6.45, 7) is 4.18. The minimum atomic E-state index is 1.01. The smallest absolute Gasteiger partial charge is 0.0931 e. The van der Waals surface area contributed by atoms with Crippen molar-refractivity contribution in [2.75, 3.05) is 0 Å². The molecule has 0 aliphatic carbocycles. The van der Waals surface area contributed by atoms with Crippen LogP contribution in [0.4, 0.5) is 0 Å². The van der Waals surface area contributed by atoms with Crippen LogP contribution >= 0.6 is 11.3 Å². The second-order valence-corrected chi connectivity index (χ2v) is 4.20. The highest BCUT2D eigenvalue weighted by atomic mass is 32.1. The number of thiazole rings is 1. The van der Waals surface area contributed by atoms with E-state index in [9.17, 15) is 0 Å². The number of aromatic nitrogens is 2. The summed E-state index contributed by atoms with van der Waals surface area (Å²) >= 11 is 1.76. The van der Waals surface area contributed by atoms with Gasteiger partial charge in [0.2, 0.25) is 0 Å². The Labute approximate surface area is 87.7 Å². The summed E-state index contributed by atoms with van der Waals surface area (Å²) in [5.41, 5.74) is 2.28. The summed E-state index contributed by atoms with van der Waals surface area (Å²) in [5, 5.41) is 1.20. The molecule has 0 saturated heterocycles. The van der Waals surface area contributed by atoms with E-state index in [4.69, 9.17) is 0 Å². The SMILES string of the molecule is CCc1nc(C)c(-c2cccnc2)s1. The standard InChI is InChI=1S/C11H12N2S/c1-3-10-13-8(2)11(14-10)9-5-4-6-12-7-9/h4-7H,3H2,1-2H3. The zero-order valence-electron chi connectivity index (χ0n) is 8.32. The molecule has 2 aromatic heterocycles. The van der Waals surface area contributed by atoms with Crippen LogP contribution in [0.2, 0.25) is 0 Å². The lowest BCUT2D eigenvalue weighted by Gasteiger charge is -1.95. The molecule has 2 heterocycles. The molecule has 2 rings (SSSR count). The Morgan fingerprint density at radius 1 is 1.43 bits per heavy atom. The average molecular weight is 204 g/mol. The van der Waals surface area contributed by atoms with Crippen LogP contribution in [0.3, 0.4) is 0 Å². The van der Waals surface area contributed by atoms with Gasteiger partial charge in [-0.2, -0.15) is 0 Å². The normalized spacial score (nSPS) is 10.4. The van der Waals surface area contributed by atoms with Crippen LogP contribution in [0.15, 0.2) is 24.5 Å². The Morgan fingerprint density at radius 2 is 2.29 bits per heavy atom. The average Bonchev–Trinajstić information content (AvgIpc) is 2.61. The first-order valence-electron chi connectivity index (χ1n) is 4.68. The third-order valence-corrected chi connectivity index (χ3v) is 3.42. The van der Waals surface area contributed by atoms with Gasteiger partial charge < -0.3 is 0 Å². The fourth-order valence-corrected chi connectivity index (χ4v) is 2.36. The van der Waals surface area contributed by atoms with Gasteiger partial charge in [0.25, 0.3) is 0 Å². The van der Waals surface area contributed by atoms with Gasteiger partial charge in [0.1, 0.15) is 0 Å². The summed E-state index contributed by atoms with van der Waals surface area (Å²) in [6, 6.07) is 4.03. The third kappa shape index (κ3) is 1.68. The van der Waals surface area contributed by atoms with Gasteiger partial charge in [-0.05, 0) is 19.4 Å². The third-order valence-electron chi connectivity index (χ3n) is 2.07. The van der Waals surface area contributed by atoms with Gasteiger partial charge in [-0.1, -0.05) is 13.0 Å². The number of aryl methyl sites for hydroxylation is 2. The van der Waals surface area contributed by atoms with Crippen molar-refractivity contribution in [2.45, 2.75) is 20.3 Å². The molecule has 2 nitrogen and oxygen atoms in total. The first-order valence-corrected chi connectivity index (χ1v) is 5.49. The van der Waals surface area contributed by atoms with Crippen molar-refractivity contribution in [1.29, 1.82) is 0 Å².